The molecule has 6 atom stereocenters. The standard InChI is InChI=1S/C22H19BrS/c23-14-5-6-18-16(10-14)22(15-3-1-2-4-17(15)24-18)19-8-12-7-13-9-20(22)21(13,19)11-12/h1-6,10,12-13,19-20H,7-9,11H2. The van der Waals surface area contributed by atoms with E-state index in [0.29, 0.717) is 5.41 Å². The first-order valence-corrected chi connectivity index (χ1v) is 10.9. The first-order chi connectivity index (χ1) is 11.7. The van der Waals surface area contributed by atoms with Gasteiger partial charge in [0.25, 0.3) is 0 Å². The SMILES string of the molecule is Brc1ccc2c(c1)C1(c3ccccc3S2)C2CC3CC4CC1C42C3. The van der Waals surface area contributed by atoms with Gasteiger partial charge in [-0.05, 0) is 90.2 Å². The van der Waals surface area contributed by atoms with E-state index in [4.69, 9.17) is 0 Å². The summed E-state index contributed by atoms with van der Waals surface area (Å²) in [5, 5.41) is 0. The molecule has 2 bridgehead atoms. The van der Waals surface area contributed by atoms with Crippen LogP contribution in [-0.2, 0) is 5.41 Å². The lowest BCUT2D eigenvalue weighted by Crippen LogP contribution is -2.74. The van der Waals surface area contributed by atoms with E-state index in [-0.39, 0.29) is 0 Å². The Balaban J connectivity index is 1.55. The number of benzene rings is 2. The highest BCUT2D eigenvalue weighted by molar-refractivity contribution is 9.10. The van der Waals surface area contributed by atoms with Crippen molar-refractivity contribution in [2.75, 3.05) is 0 Å². The summed E-state index contributed by atoms with van der Waals surface area (Å²) in [5.74, 6) is 3.90. The summed E-state index contributed by atoms with van der Waals surface area (Å²) < 4.78 is 1.25. The molecule has 1 aliphatic heterocycles. The summed E-state index contributed by atoms with van der Waals surface area (Å²) in [6, 6.07) is 16.4. The fourth-order valence-electron chi connectivity index (χ4n) is 8.05. The molecule has 2 aromatic carbocycles. The molecule has 2 aromatic rings. The Morgan fingerprint density at radius 2 is 1.75 bits per heavy atom. The summed E-state index contributed by atoms with van der Waals surface area (Å²) in [7, 11) is 0. The van der Waals surface area contributed by atoms with Gasteiger partial charge >= 0.3 is 0 Å². The average Bonchev–Trinajstić information content (AvgIpc) is 3.10. The van der Waals surface area contributed by atoms with Gasteiger partial charge < -0.3 is 0 Å². The van der Waals surface area contributed by atoms with Gasteiger partial charge in [-0.2, -0.15) is 0 Å². The first kappa shape index (κ1) is 13.5. The fraction of sp³-hybridized carbons (Fsp3) is 0.455. The maximum absolute atomic E-state index is 3.77. The van der Waals surface area contributed by atoms with Crippen LogP contribution in [0.5, 0.6) is 0 Å². The highest BCUT2D eigenvalue weighted by Gasteiger charge is 2.84. The van der Waals surface area contributed by atoms with Gasteiger partial charge in [0.2, 0.25) is 0 Å². The molecule has 2 spiro atoms. The van der Waals surface area contributed by atoms with Crippen molar-refractivity contribution in [3.63, 3.8) is 0 Å². The molecule has 5 aliphatic rings. The maximum atomic E-state index is 3.77. The fourth-order valence-corrected chi connectivity index (χ4v) is 9.62. The number of hydrogen-bond acceptors (Lipinski definition) is 1. The van der Waals surface area contributed by atoms with E-state index in [1.807, 2.05) is 11.8 Å². The second-order valence-corrected chi connectivity index (χ2v) is 10.8. The van der Waals surface area contributed by atoms with Crippen molar-refractivity contribution in [1.29, 1.82) is 0 Å². The van der Waals surface area contributed by atoms with Gasteiger partial charge in [0, 0.05) is 19.7 Å². The van der Waals surface area contributed by atoms with E-state index >= 15 is 0 Å². The molecule has 0 N–H and O–H groups in total. The molecular formula is C22H19BrS. The van der Waals surface area contributed by atoms with Crippen molar-refractivity contribution in [3.05, 3.63) is 58.1 Å². The van der Waals surface area contributed by atoms with E-state index < -0.39 is 0 Å². The minimum atomic E-state index is 0.326. The van der Waals surface area contributed by atoms with Crippen LogP contribution in [0.25, 0.3) is 0 Å². The highest BCUT2D eigenvalue weighted by Crippen LogP contribution is 2.89. The van der Waals surface area contributed by atoms with Crippen LogP contribution in [0.15, 0.2) is 56.7 Å². The average molecular weight is 395 g/mol. The van der Waals surface area contributed by atoms with Gasteiger partial charge in [0.1, 0.15) is 0 Å². The third-order valence-corrected chi connectivity index (χ3v) is 10.1. The molecule has 0 radical (unpaired) electrons. The summed E-state index contributed by atoms with van der Waals surface area (Å²) in [6.45, 7) is 0. The van der Waals surface area contributed by atoms with Crippen molar-refractivity contribution in [2.24, 2.45) is 29.1 Å². The minimum absolute atomic E-state index is 0.326. The van der Waals surface area contributed by atoms with Crippen LogP contribution in [0.2, 0.25) is 0 Å². The van der Waals surface area contributed by atoms with Gasteiger partial charge in [-0.25, -0.2) is 0 Å². The molecule has 0 amide bonds. The summed E-state index contributed by atoms with van der Waals surface area (Å²) in [6.07, 6.45) is 6.06. The second kappa shape index (κ2) is 3.99. The van der Waals surface area contributed by atoms with Crippen LogP contribution in [0.4, 0.5) is 0 Å². The normalized spacial score (nSPS) is 45.2. The molecule has 7 rings (SSSR count). The zero-order chi connectivity index (χ0) is 15.7. The largest absolute Gasteiger partial charge is 0.0895 e. The lowest BCUT2D eigenvalue weighted by Gasteiger charge is -2.78. The zero-order valence-electron chi connectivity index (χ0n) is 13.5. The molecule has 2 heteroatoms. The third kappa shape index (κ3) is 1.17. The molecule has 120 valence electrons. The lowest BCUT2D eigenvalue weighted by atomic mass is 9.26. The molecule has 0 saturated heterocycles. The predicted molar refractivity (Wildman–Crippen MR) is 100 cm³/mol. The molecular weight excluding hydrogens is 376 g/mol. The molecule has 1 heterocycles. The Morgan fingerprint density at radius 3 is 2.67 bits per heavy atom. The first-order valence-electron chi connectivity index (χ1n) is 9.32. The number of rotatable bonds is 0. The van der Waals surface area contributed by atoms with Gasteiger partial charge in [0.15, 0.2) is 0 Å². The van der Waals surface area contributed by atoms with Gasteiger partial charge in [-0.1, -0.05) is 45.9 Å². The monoisotopic (exact) mass is 394 g/mol. The van der Waals surface area contributed by atoms with Crippen LogP contribution in [0.1, 0.15) is 36.8 Å². The van der Waals surface area contributed by atoms with Crippen molar-refractivity contribution in [2.45, 2.75) is 40.9 Å². The van der Waals surface area contributed by atoms with E-state index in [1.165, 1.54) is 27.1 Å². The summed E-state index contributed by atoms with van der Waals surface area (Å²) in [5.41, 5.74) is 4.37. The quantitative estimate of drug-likeness (QED) is 0.507. The van der Waals surface area contributed by atoms with Crippen molar-refractivity contribution >= 4 is 27.7 Å². The Labute approximate surface area is 155 Å². The third-order valence-electron chi connectivity index (χ3n) is 8.45. The van der Waals surface area contributed by atoms with E-state index in [0.717, 1.165) is 29.1 Å². The van der Waals surface area contributed by atoms with Gasteiger partial charge in [0.05, 0.1) is 0 Å². The summed E-state index contributed by atoms with van der Waals surface area (Å²) in [4.78, 5) is 3.03. The predicted octanol–water partition coefficient (Wildman–Crippen LogP) is 6.27. The maximum Gasteiger partial charge on any atom is 0.0293 e. The topological polar surface area (TPSA) is 0 Å². The van der Waals surface area contributed by atoms with Crippen LogP contribution < -0.4 is 0 Å². The zero-order valence-corrected chi connectivity index (χ0v) is 15.9. The molecule has 4 aliphatic carbocycles. The van der Waals surface area contributed by atoms with Crippen molar-refractivity contribution in [1.82, 2.24) is 0 Å². The summed E-state index contributed by atoms with van der Waals surface area (Å²) >= 11 is 5.76. The molecule has 24 heavy (non-hydrogen) atoms. The van der Waals surface area contributed by atoms with Crippen LogP contribution >= 0.6 is 27.7 Å². The van der Waals surface area contributed by atoms with Crippen molar-refractivity contribution < 1.29 is 0 Å². The van der Waals surface area contributed by atoms with Gasteiger partial charge in [-0.3, -0.25) is 0 Å². The Kier molecular flexibility index (Phi) is 2.24. The number of halogens is 1. The molecule has 6 unspecified atom stereocenters. The molecule has 4 fully saturated rings. The van der Waals surface area contributed by atoms with Crippen LogP contribution in [0.3, 0.4) is 0 Å². The smallest absolute Gasteiger partial charge is 0.0293 e. The van der Waals surface area contributed by atoms with Crippen LogP contribution in [-0.4, -0.2) is 0 Å². The highest BCUT2D eigenvalue weighted by atomic mass is 79.9. The van der Waals surface area contributed by atoms with E-state index in [1.54, 1.807) is 24.0 Å². The lowest BCUT2D eigenvalue weighted by molar-refractivity contribution is -0.235. The minimum Gasteiger partial charge on any atom is -0.0895 e. The Hall–Kier alpha value is -0.730. The van der Waals surface area contributed by atoms with E-state index in [2.05, 4.69) is 58.4 Å². The molecule has 4 saturated carbocycles. The molecule has 0 nitrogen and oxygen atoms in total. The van der Waals surface area contributed by atoms with Crippen LogP contribution in [0, 0.1) is 29.1 Å². The van der Waals surface area contributed by atoms with Crippen molar-refractivity contribution in [3.8, 4) is 0 Å². The number of fused-ring (bicyclic) bond motifs is 7. The van der Waals surface area contributed by atoms with Gasteiger partial charge in [-0.15, -0.1) is 0 Å². The Morgan fingerprint density at radius 1 is 0.917 bits per heavy atom. The second-order valence-electron chi connectivity index (χ2n) is 8.80. The number of hydrogen-bond donors (Lipinski definition) is 0. The Bertz CT molecular complexity index is 920. The van der Waals surface area contributed by atoms with E-state index in [9.17, 15) is 0 Å². The molecule has 0 aromatic heterocycles.